The molecule has 0 aliphatic rings. The van der Waals surface area contributed by atoms with Gasteiger partial charge in [0.1, 0.15) is 0 Å². The van der Waals surface area contributed by atoms with E-state index < -0.39 is 0 Å². The van der Waals surface area contributed by atoms with Crippen molar-refractivity contribution in [2.24, 2.45) is 0 Å². The maximum Gasteiger partial charge on any atom is 0.319 e. The second kappa shape index (κ2) is 8.47. The first-order valence-corrected chi connectivity index (χ1v) is 7.59. The molecule has 6 nitrogen and oxygen atoms in total. The number of aromatic nitrogens is 1. The lowest BCUT2D eigenvalue weighted by atomic mass is 10.2. The normalized spacial score (nSPS) is 10.6. The summed E-state index contributed by atoms with van der Waals surface area (Å²) in [5.74, 6) is -0.239. The molecular formula is C18H20N4O2. The number of carbonyl (C=O) groups is 2. The average molecular weight is 324 g/mol. The summed E-state index contributed by atoms with van der Waals surface area (Å²) in [6.45, 7) is 3.77. The molecule has 3 N–H and O–H groups in total. The molecule has 1 aromatic heterocycles. The zero-order valence-corrected chi connectivity index (χ0v) is 13.6. The Morgan fingerprint density at radius 3 is 2.29 bits per heavy atom. The Balaban J connectivity index is 1.88. The van der Waals surface area contributed by atoms with E-state index >= 15 is 0 Å². The fraction of sp³-hybridized carbons (Fsp3) is 0.167. The standard InChI is InChI=1S/C18H20N4O2/c1-13(2)20-18(24)22-16-8-6-15(7-9-16)21-17(23)10-5-14-4-3-11-19-12-14/h3-13H,1-2H3,(H,21,23)(H2,20,22,24)/b10-5+. The number of nitrogens with zero attached hydrogens (tertiary/aromatic N) is 1. The van der Waals surface area contributed by atoms with E-state index in [0.717, 1.165) is 5.56 Å². The highest BCUT2D eigenvalue weighted by Crippen LogP contribution is 2.13. The van der Waals surface area contributed by atoms with Crippen LogP contribution in [0.5, 0.6) is 0 Å². The number of amides is 3. The number of benzene rings is 1. The van der Waals surface area contributed by atoms with Crippen LogP contribution in [-0.4, -0.2) is 23.0 Å². The van der Waals surface area contributed by atoms with Gasteiger partial charge in [-0.25, -0.2) is 4.79 Å². The molecule has 2 rings (SSSR count). The molecular weight excluding hydrogens is 304 g/mol. The Hall–Kier alpha value is -3.15. The number of anilines is 2. The van der Waals surface area contributed by atoms with Crippen molar-refractivity contribution in [3.05, 3.63) is 60.4 Å². The third-order valence-electron chi connectivity index (χ3n) is 2.94. The monoisotopic (exact) mass is 324 g/mol. The largest absolute Gasteiger partial charge is 0.336 e. The van der Waals surface area contributed by atoms with Crippen LogP contribution >= 0.6 is 0 Å². The number of hydrogen-bond acceptors (Lipinski definition) is 3. The van der Waals surface area contributed by atoms with Crippen molar-refractivity contribution in [2.45, 2.75) is 19.9 Å². The summed E-state index contributed by atoms with van der Waals surface area (Å²) < 4.78 is 0. The highest BCUT2D eigenvalue weighted by molar-refractivity contribution is 6.02. The van der Waals surface area contributed by atoms with Gasteiger partial charge in [0.25, 0.3) is 0 Å². The first kappa shape index (κ1) is 17.2. The lowest BCUT2D eigenvalue weighted by Crippen LogP contribution is -2.34. The molecule has 0 saturated heterocycles. The Kier molecular flexibility index (Phi) is 6.08. The fourth-order valence-electron chi connectivity index (χ4n) is 1.90. The number of hydrogen-bond donors (Lipinski definition) is 3. The molecule has 0 aliphatic carbocycles. The fourth-order valence-corrected chi connectivity index (χ4v) is 1.90. The van der Waals surface area contributed by atoms with Crippen LogP contribution < -0.4 is 16.0 Å². The van der Waals surface area contributed by atoms with Crippen LogP contribution in [0, 0.1) is 0 Å². The molecule has 0 radical (unpaired) electrons. The van der Waals surface area contributed by atoms with Gasteiger partial charge in [-0.2, -0.15) is 0 Å². The van der Waals surface area contributed by atoms with E-state index in [4.69, 9.17) is 0 Å². The van der Waals surface area contributed by atoms with Crippen LogP contribution in [0.25, 0.3) is 6.08 Å². The number of pyridine rings is 1. The van der Waals surface area contributed by atoms with Crippen molar-refractivity contribution in [1.29, 1.82) is 0 Å². The van der Waals surface area contributed by atoms with Crippen LogP contribution in [0.15, 0.2) is 54.9 Å². The SMILES string of the molecule is CC(C)NC(=O)Nc1ccc(NC(=O)/C=C/c2cccnc2)cc1. The topological polar surface area (TPSA) is 83.1 Å². The molecule has 124 valence electrons. The van der Waals surface area contributed by atoms with Crippen LogP contribution in [-0.2, 0) is 4.79 Å². The van der Waals surface area contributed by atoms with Crippen LogP contribution in [0.2, 0.25) is 0 Å². The van der Waals surface area contributed by atoms with Gasteiger partial charge in [0, 0.05) is 35.9 Å². The molecule has 0 aliphatic heterocycles. The van der Waals surface area contributed by atoms with E-state index in [1.165, 1.54) is 6.08 Å². The molecule has 0 atom stereocenters. The van der Waals surface area contributed by atoms with E-state index in [1.807, 2.05) is 19.9 Å². The maximum absolute atomic E-state index is 11.9. The molecule has 0 spiro atoms. The predicted molar refractivity (Wildman–Crippen MR) is 95.6 cm³/mol. The minimum atomic E-state index is -0.263. The predicted octanol–water partition coefficient (Wildman–Crippen LogP) is 3.26. The van der Waals surface area contributed by atoms with Crippen molar-refractivity contribution in [3.63, 3.8) is 0 Å². The molecule has 6 heteroatoms. The Morgan fingerprint density at radius 2 is 1.71 bits per heavy atom. The highest BCUT2D eigenvalue weighted by Gasteiger charge is 2.03. The number of rotatable bonds is 5. The van der Waals surface area contributed by atoms with Gasteiger partial charge >= 0.3 is 6.03 Å². The van der Waals surface area contributed by atoms with E-state index in [9.17, 15) is 9.59 Å². The van der Waals surface area contributed by atoms with E-state index in [-0.39, 0.29) is 18.0 Å². The van der Waals surface area contributed by atoms with Gasteiger partial charge in [-0.05, 0) is 55.8 Å². The summed E-state index contributed by atoms with van der Waals surface area (Å²) in [6, 6.07) is 10.4. The summed E-state index contributed by atoms with van der Waals surface area (Å²) in [6.07, 6.45) is 6.48. The van der Waals surface area contributed by atoms with Crippen molar-refractivity contribution in [1.82, 2.24) is 10.3 Å². The number of nitrogens with one attached hydrogen (secondary N) is 3. The minimum Gasteiger partial charge on any atom is -0.336 e. The zero-order chi connectivity index (χ0) is 17.4. The lowest BCUT2D eigenvalue weighted by Gasteiger charge is -2.10. The average Bonchev–Trinajstić information content (AvgIpc) is 2.55. The Labute approximate surface area is 141 Å². The van der Waals surface area contributed by atoms with Crippen molar-refractivity contribution < 1.29 is 9.59 Å². The summed E-state index contributed by atoms with van der Waals surface area (Å²) in [5, 5.41) is 8.20. The molecule has 2 aromatic rings. The molecule has 1 heterocycles. The van der Waals surface area contributed by atoms with Crippen LogP contribution in [0.3, 0.4) is 0 Å². The molecule has 1 aromatic carbocycles. The first-order valence-electron chi connectivity index (χ1n) is 7.59. The Morgan fingerprint density at radius 1 is 1.04 bits per heavy atom. The summed E-state index contributed by atoms with van der Waals surface area (Å²) in [4.78, 5) is 27.4. The summed E-state index contributed by atoms with van der Waals surface area (Å²) >= 11 is 0. The van der Waals surface area contributed by atoms with Gasteiger partial charge in [0.2, 0.25) is 5.91 Å². The molecule has 0 saturated carbocycles. The van der Waals surface area contributed by atoms with Crippen LogP contribution in [0.4, 0.5) is 16.2 Å². The summed E-state index contributed by atoms with van der Waals surface area (Å²) in [5.41, 5.74) is 2.14. The van der Waals surface area contributed by atoms with E-state index in [0.29, 0.717) is 11.4 Å². The number of carbonyl (C=O) groups excluding carboxylic acids is 2. The molecule has 0 fully saturated rings. The van der Waals surface area contributed by atoms with Crippen molar-refractivity contribution >= 4 is 29.4 Å². The summed E-state index contributed by atoms with van der Waals surface area (Å²) in [7, 11) is 0. The first-order chi connectivity index (χ1) is 11.5. The third-order valence-corrected chi connectivity index (χ3v) is 2.94. The maximum atomic E-state index is 11.9. The second-order valence-corrected chi connectivity index (χ2v) is 5.44. The smallest absolute Gasteiger partial charge is 0.319 e. The van der Waals surface area contributed by atoms with Gasteiger partial charge in [0.05, 0.1) is 0 Å². The van der Waals surface area contributed by atoms with E-state index in [1.54, 1.807) is 48.8 Å². The van der Waals surface area contributed by atoms with Gasteiger partial charge in [-0.15, -0.1) is 0 Å². The van der Waals surface area contributed by atoms with Gasteiger partial charge in [-0.3, -0.25) is 9.78 Å². The minimum absolute atomic E-state index is 0.0650. The molecule has 0 bridgehead atoms. The van der Waals surface area contributed by atoms with Crippen LogP contribution in [0.1, 0.15) is 19.4 Å². The third kappa shape index (κ3) is 5.92. The van der Waals surface area contributed by atoms with Gasteiger partial charge in [0.15, 0.2) is 0 Å². The molecule has 3 amide bonds. The number of urea groups is 1. The van der Waals surface area contributed by atoms with Crippen molar-refractivity contribution in [3.8, 4) is 0 Å². The van der Waals surface area contributed by atoms with Crippen molar-refractivity contribution in [2.75, 3.05) is 10.6 Å². The van der Waals surface area contributed by atoms with Gasteiger partial charge < -0.3 is 16.0 Å². The zero-order valence-electron chi connectivity index (χ0n) is 13.6. The lowest BCUT2D eigenvalue weighted by molar-refractivity contribution is -0.111. The highest BCUT2D eigenvalue weighted by atomic mass is 16.2. The van der Waals surface area contributed by atoms with E-state index in [2.05, 4.69) is 20.9 Å². The second-order valence-electron chi connectivity index (χ2n) is 5.44. The van der Waals surface area contributed by atoms with Gasteiger partial charge in [-0.1, -0.05) is 6.07 Å². The quantitative estimate of drug-likeness (QED) is 0.738. The molecule has 24 heavy (non-hydrogen) atoms. The Bertz CT molecular complexity index is 710. The molecule has 0 unspecified atom stereocenters.